The second-order valence-corrected chi connectivity index (χ2v) is 6.04. The van der Waals surface area contributed by atoms with Crippen molar-refractivity contribution >= 4 is 0 Å². The molecule has 2 N–H and O–H groups in total. The van der Waals surface area contributed by atoms with E-state index in [0.717, 1.165) is 19.4 Å². The van der Waals surface area contributed by atoms with Crippen LogP contribution in [0.25, 0.3) is 0 Å². The number of nitrogens with one attached hydrogen (secondary N) is 1. The number of likely N-dealkylation sites (N-methyl/N-ethyl adjacent to an activating group) is 1. The number of hydrogen-bond acceptors (Lipinski definition) is 4. The van der Waals surface area contributed by atoms with E-state index in [1.54, 1.807) is 7.11 Å². The first-order valence-corrected chi connectivity index (χ1v) is 7.26. The SMILES string of the molecule is CNC1(CO)CCCC(N2CCC(COC)C2)C1. The highest BCUT2D eigenvalue weighted by atomic mass is 16.5. The number of methoxy groups -OCH3 is 1. The van der Waals surface area contributed by atoms with Crippen LogP contribution in [0.15, 0.2) is 0 Å². The molecule has 1 aliphatic heterocycles. The van der Waals surface area contributed by atoms with Gasteiger partial charge in [-0.25, -0.2) is 0 Å². The molecule has 0 amide bonds. The van der Waals surface area contributed by atoms with Crippen LogP contribution in [0.3, 0.4) is 0 Å². The Hall–Kier alpha value is -0.160. The Balaban J connectivity index is 1.89. The van der Waals surface area contributed by atoms with Crippen LogP contribution in [-0.4, -0.2) is 62.0 Å². The summed E-state index contributed by atoms with van der Waals surface area (Å²) in [6.45, 7) is 3.52. The van der Waals surface area contributed by atoms with Gasteiger partial charge in [0.05, 0.1) is 13.2 Å². The van der Waals surface area contributed by atoms with E-state index in [1.165, 1.54) is 32.4 Å². The van der Waals surface area contributed by atoms with Gasteiger partial charge in [-0.15, -0.1) is 0 Å². The summed E-state index contributed by atoms with van der Waals surface area (Å²) in [5, 5.41) is 13.0. The van der Waals surface area contributed by atoms with Crippen molar-refractivity contribution in [1.82, 2.24) is 10.2 Å². The highest BCUT2D eigenvalue weighted by molar-refractivity contribution is 4.96. The minimum Gasteiger partial charge on any atom is -0.394 e. The van der Waals surface area contributed by atoms with E-state index in [-0.39, 0.29) is 12.1 Å². The van der Waals surface area contributed by atoms with Gasteiger partial charge in [-0.05, 0) is 51.6 Å². The molecule has 0 spiro atoms. The Bertz CT molecular complexity index is 256. The molecule has 2 aliphatic rings. The van der Waals surface area contributed by atoms with E-state index >= 15 is 0 Å². The Kier molecular flexibility index (Phi) is 5.01. The maximum absolute atomic E-state index is 9.64. The van der Waals surface area contributed by atoms with Gasteiger partial charge in [-0.2, -0.15) is 0 Å². The van der Waals surface area contributed by atoms with Crippen molar-refractivity contribution in [3.63, 3.8) is 0 Å². The third-order valence-electron chi connectivity index (χ3n) is 4.89. The lowest BCUT2D eigenvalue weighted by Crippen LogP contribution is -2.54. The number of ether oxygens (including phenoxy) is 1. The third-order valence-corrected chi connectivity index (χ3v) is 4.89. The first kappa shape index (κ1) is 14.3. The molecule has 4 nitrogen and oxygen atoms in total. The Morgan fingerprint density at radius 2 is 2.28 bits per heavy atom. The van der Waals surface area contributed by atoms with E-state index in [2.05, 4.69) is 10.2 Å². The average molecular weight is 256 g/mol. The van der Waals surface area contributed by atoms with Crippen molar-refractivity contribution in [2.24, 2.45) is 5.92 Å². The molecule has 106 valence electrons. The smallest absolute Gasteiger partial charge is 0.0613 e. The molecule has 0 bridgehead atoms. The summed E-state index contributed by atoms with van der Waals surface area (Å²) in [4.78, 5) is 2.62. The second kappa shape index (κ2) is 6.33. The molecule has 0 aromatic carbocycles. The molecule has 1 saturated carbocycles. The van der Waals surface area contributed by atoms with Crippen LogP contribution < -0.4 is 5.32 Å². The minimum atomic E-state index is -0.0394. The Labute approximate surface area is 111 Å². The van der Waals surface area contributed by atoms with Gasteiger partial charge in [0.2, 0.25) is 0 Å². The summed E-state index contributed by atoms with van der Waals surface area (Å²) in [7, 11) is 3.78. The van der Waals surface area contributed by atoms with Gasteiger partial charge >= 0.3 is 0 Å². The topological polar surface area (TPSA) is 44.7 Å². The summed E-state index contributed by atoms with van der Waals surface area (Å²) in [6.07, 6.45) is 5.95. The summed E-state index contributed by atoms with van der Waals surface area (Å²) in [5.74, 6) is 0.704. The lowest BCUT2D eigenvalue weighted by molar-refractivity contribution is 0.0694. The molecule has 1 saturated heterocycles. The van der Waals surface area contributed by atoms with Crippen molar-refractivity contribution < 1.29 is 9.84 Å². The third kappa shape index (κ3) is 3.05. The molecule has 1 aliphatic carbocycles. The molecule has 0 radical (unpaired) electrons. The minimum absolute atomic E-state index is 0.0394. The van der Waals surface area contributed by atoms with Crippen molar-refractivity contribution in [3.8, 4) is 0 Å². The van der Waals surface area contributed by atoms with Gasteiger partial charge in [0.25, 0.3) is 0 Å². The summed E-state index contributed by atoms with van der Waals surface area (Å²) >= 11 is 0. The van der Waals surface area contributed by atoms with E-state index < -0.39 is 0 Å². The van der Waals surface area contributed by atoms with E-state index in [0.29, 0.717) is 12.0 Å². The van der Waals surface area contributed by atoms with Gasteiger partial charge in [0.15, 0.2) is 0 Å². The molecule has 2 fully saturated rings. The zero-order valence-electron chi connectivity index (χ0n) is 11.8. The van der Waals surface area contributed by atoms with Gasteiger partial charge in [0.1, 0.15) is 0 Å². The van der Waals surface area contributed by atoms with Crippen LogP contribution in [-0.2, 0) is 4.74 Å². The highest BCUT2D eigenvalue weighted by Gasteiger charge is 2.38. The molecule has 0 aromatic heterocycles. The second-order valence-electron chi connectivity index (χ2n) is 6.04. The number of likely N-dealkylation sites (tertiary alicyclic amines) is 1. The monoisotopic (exact) mass is 256 g/mol. The molecular formula is C14H28N2O2. The van der Waals surface area contributed by atoms with Crippen molar-refractivity contribution in [3.05, 3.63) is 0 Å². The standard InChI is InChI=1S/C14H28N2O2/c1-15-14(11-17)6-3-4-13(8-14)16-7-5-12(9-16)10-18-2/h12-13,15,17H,3-11H2,1-2H3. The van der Waals surface area contributed by atoms with Gasteiger partial charge < -0.3 is 15.2 Å². The van der Waals surface area contributed by atoms with E-state index in [1.807, 2.05) is 7.05 Å². The molecule has 18 heavy (non-hydrogen) atoms. The average Bonchev–Trinajstić information content (AvgIpc) is 2.88. The van der Waals surface area contributed by atoms with Crippen molar-refractivity contribution in [1.29, 1.82) is 0 Å². The van der Waals surface area contributed by atoms with Gasteiger partial charge in [0, 0.05) is 25.2 Å². The van der Waals surface area contributed by atoms with Crippen LogP contribution in [0.2, 0.25) is 0 Å². The van der Waals surface area contributed by atoms with Crippen LogP contribution in [0.4, 0.5) is 0 Å². The highest BCUT2D eigenvalue weighted by Crippen LogP contribution is 2.33. The molecule has 4 heteroatoms. The fourth-order valence-electron chi connectivity index (χ4n) is 3.66. The molecule has 3 unspecified atom stereocenters. The zero-order chi connectivity index (χ0) is 13.0. The summed E-state index contributed by atoms with van der Waals surface area (Å²) in [6, 6.07) is 0.639. The lowest BCUT2D eigenvalue weighted by atomic mass is 9.79. The summed E-state index contributed by atoms with van der Waals surface area (Å²) in [5.41, 5.74) is -0.0394. The largest absolute Gasteiger partial charge is 0.394 e. The lowest BCUT2D eigenvalue weighted by Gasteiger charge is -2.43. The number of aliphatic hydroxyl groups excluding tert-OH is 1. The number of hydrogen-bond donors (Lipinski definition) is 2. The fourth-order valence-corrected chi connectivity index (χ4v) is 3.66. The summed E-state index contributed by atoms with van der Waals surface area (Å²) < 4.78 is 5.27. The first-order valence-electron chi connectivity index (χ1n) is 7.26. The van der Waals surface area contributed by atoms with Gasteiger partial charge in [-0.3, -0.25) is 4.90 Å². The maximum Gasteiger partial charge on any atom is 0.0613 e. The van der Waals surface area contributed by atoms with Crippen molar-refractivity contribution in [2.45, 2.75) is 43.7 Å². The number of nitrogens with zero attached hydrogens (tertiary/aromatic N) is 1. The Morgan fingerprint density at radius 3 is 2.94 bits per heavy atom. The zero-order valence-corrected chi connectivity index (χ0v) is 11.8. The maximum atomic E-state index is 9.64. The van der Waals surface area contributed by atoms with Gasteiger partial charge in [-0.1, -0.05) is 0 Å². The van der Waals surface area contributed by atoms with E-state index in [9.17, 15) is 5.11 Å². The quantitative estimate of drug-likeness (QED) is 0.765. The van der Waals surface area contributed by atoms with E-state index in [4.69, 9.17) is 4.74 Å². The first-order chi connectivity index (χ1) is 8.73. The molecular weight excluding hydrogens is 228 g/mol. The fraction of sp³-hybridized carbons (Fsp3) is 1.00. The molecule has 0 aromatic rings. The van der Waals surface area contributed by atoms with Crippen LogP contribution in [0.1, 0.15) is 32.1 Å². The molecule has 3 atom stereocenters. The van der Waals surface area contributed by atoms with Crippen molar-refractivity contribution in [2.75, 3.05) is 40.5 Å². The van der Waals surface area contributed by atoms with Crippen LogP contribution in [0.5, 0.6) is 0 Å². The van der Waals surface area contributed by atoms with Crippen LogP contribution in [0, 0.1) is 5.92 Å². The predicted octanol–water partition coefficient (Wildman–Crippen LogP) is 0.848. The Morgan fingerprint density at radius 1 is 1.44 bits per heavy atom. The molecule has 2 rings (SSSR count). The molecule has 1 heterocycles. The normalized spacial score (nSPS) is 38.2. The number of aliphatic hydroxyl groups is 1. The predicted molar refractivity (Wildman–Crippen MR) is 72.7 cm³/mol. The number of rotatable bonds is 5. The van der Waals surface area contributed by atoms with Crippen LogP contribution >= 0.6 is 0 Å².